The maximum atomic E-state index is 8.40. The van der Waals surface area contributed by atoms with Crippen LogP contribution in [-0.2, 0) is 0 Å². The van der Waals surface area contributed by atoms with Gasteiger partial charge < -0.3 is 9.64 Å². The van der Waals surface area contributed by atoms with Crippen LogP contribution >= 0.6 is 0 Å². The van der Waals surface area contributed by atoms with Crippen LogP contribution in [0.5, 0.6) is 5.75 Å². The van der Waals surface area contributed by atoms with Crippen molar-refractivity contribution in [2.75, 3.05) is 24.6 Å². The Balaban J connectivity index is 1.98. The van der Waals surface area contributed by atoms with Gasteiger partial charge in [-0.05, 0) is 43.5 Å². The lowest BCUT2D eigenvalue weighted by Gasteiger charge is -2.28. The molecule has 0 aliphatic carbocycles. The highest BCUT2D eigenvalue weighted by Gasteiger charge is 2.10. The van der Waals surface area contributed by atoms with Crippen LogP contribution in [-0.4, -0.2) is 19.7 Å². The number of nitrogens with zero attached hydrogens (tertiary/aromatic N) is 2. The van der Waals surface area contributed by atoms with E-state index in [0.29, 0.717) is 0 Å². The van der Waals surface area contributed by atoms with Gasteiger partial charge in [0.15, 0.2) is 6.61 Å². The van der Waals surface area contributed by atoms with E-state index >= 15 is 0 Å². The molecule has 1 saturated heterocycles. The fourth-order valence-corrected chi connectivity index (χ4v) is 1.88. The molecule has 16 heavy (non-hydrogen) atoms. The van der Waals surface area contributed by atoms with Crippen molar-refractivity contribution in [1.29, 1.82) is 5.26 Å². The zero-order valence-corrected chi connectivity index (χ0v) is 9.22. The van der Waals surface area contributed by atoms with Crippen LogP contribution in [0.4, 0.5) is 5.69 Å². The highest BCUT2D eigenvalue weighted by molar-refractivity contribution is 5.49. The summed E-state index contributed by atoms with van der Waals surface area (Å²) in [6.07, 6.45) is 4.65. The first kappa shape index (κ1) is 10.8. The van der Waals surface area contributed by atoms with Gasteiger partial charge >= 0.3 is 0 Å². The van der Waals surface area contributed by atoms with Crippen molar-refractivity contribution in [2.45, 2.75) is 12.8 Å². The molecule has 0 N–H and O–H groups in total. The summed E-state index contributed by atoms with van der Waals surface area (Å²) >= 11 is 0. The molecule has 1 heterocycles. The summed E-state index contributed by atoms with van der Waals surface area (Å²) in [5, 5.41) is 8.40. The van der Waals surface area contributed by atoms with Gasteiger partial charge in [-0.15, -0.1) is 0 Å². The fraction of sp³-hybridized carbons (Fsp3) is 0.385. The Labute approximate surface area is 96.2 Å². The van der Waals surface area contributed by atoms with Gasteiger partial charge in [-0.3, -0.25) is 0 Å². The minimum absolute atomic E-state index is 0.109. The first-order valence-electron chi connectivity index (χ1n) is 5.56. The van der Waals surface area contributed by atoms with Crippen LogP contribution in [0, 0.1) is 17.8 Å². The van der Waals surface area contributed by atoms with Crippen LogP contribution in [0.15, 0.2) is 24.3 Å². The van der Waals surface area contributed by atoms with Gasteiger partial charge in [-0.2, -0.15) is 5.26 Å². The van der Waals surface area contributed by atoms with Crippen molar-refractivity contribution < 1.29 is 4.74 Å². The second-order valence-electron chi connectivity index (χ2n) is 3.79. The SMILES string of the molecule is N#CCOc1ccc(N2CC[CH]CC2)cc1. The highest BCUT2D eigenvalue weighted by atomic mass is 16.5. The quantitative estimate of drug-likeness (QED) is 0.776. The number of hydrogen-bond donors (Lipinski definition) is 0. The van der Waals surface area contributed by atoms with Gasteiger partial charge in [0.25, 0.3) is 0 Å². The van der Waals surface area contributed by atoms with E-state index in [2.05, 4.69) is 23.5 Å². The normalized spacial score (nSPS) is 15.6. The van der Waals surface area contributed by atoms with E-state index in [4.69, 9.17) is 10.00 Å². The van der Waals surface area contributed by atoms with Crippen molar-refractivity contribution in [1.82, 2.24) is 0 Å². The summed E-state index contributed by atoms with van der Waals surface area (Å²) in [6.45, 7) is 2.30. The number of anilines is 1. The van der Waals surface area contributed by atoms with Gasteiger partial charge in [-0.25, -0.2) is 0 Å². The standard InChI is InChI=1S/C13H15N2O/c14-8-11-16-13-6-4-12(5-7-13)15-9-2-1-3-10-15/h1,4-7H,2-3,9-11H2. The molecule has 3 nitrogen and oxygen atoms in total. The third-order valence-electron chi connectivity index (χ3n) is 2.71. The largest absolute Gasteiger partial charge is 0.479 e. The zero-order valence-electron chi connectivity index (χ0n) is 9.22. The van der Waals surface area contributed by atoms with Gasteiger partial charge in [0, 0.05) is 18.8 Å². The number of piperidine rings is 1. The minimum Gasteiger partial charge on any atom is -0.479 e. The first-order valence-corrected chi connectivity index (χ1v) is 5.56. The fourth-order valence-electron chi connectivity index (χ4n) is 1.88. The Hall–Kier alpha value is -1.69. The van der Waals surface area contributed by atoms with E-state index in [0.717, 1.165) is 31.7 Å². The van der Waals surface area contributed by atoms with E-state index < -0.39 is 0 Å². The Morgan fingerprint density at radius 2 is 1.88 bits per heavy atom. The zero-order chi connectivity index (χ0) is 11.2. The molecule has 1 aromatic carbocycles. The molecule has 0 aromatic heterocycles. The van der Waals surface area contributed by atoms with E-state index in [1.54, 1.807) is 0 Å². The molecule has 0 spiro atoms. The third-order valence-corrected chi connectivity index (χ3v) is 2.71. The lowest BCUT2D eigenvalue weighted by molar-refractivity contribution is 0.368. The molecule has 1 fully saturated rings. The molecule has 0 unspecified atom stereocenters. The van der Waals surface area contributed by atoms with Gasteiger partial charge in [0.1, 0.15) is 11.8 Å². The number of benzene rings is 1. The maximum absolute atomic E-state index is 8.40. The van der Waals surface area contributed by atoms with Crippen molar-refractivity contribution >= 4 is 5.69 Å². The molecule has 1 radical (unpaired) electrons. The monoisotopic (exact) mass is 215 g/mol. The molecule has 0 bridgehead atoms. The summed E-state index contributed by atoms with van der Waals surface area (Å²) in [4.78, 5) is 2.37. The predicted molar refractivity (Wildman–Crippen MR) is 63.3 cm³/mol. The summed E-state index contributed by atoms with van der Waals surface area (Å²) in [7, 11) is 0. The molecule has 0 atom stereocenters. The van der Waals surface area contributed by atoms with E-state index in [-0.39, 0.29) is 6.61 Å². The van der Waals surface area contributed by atoms with Crippen LogP contribution in [0.3, 0.4) is 0 Å². The Kier molecular flexibility index (Phi) is 3.66. The van der Waals surface area contributed by atoms with E-state index in [1.165, 1.54) is 5.69 Å². The molecule has 0 amide bonds. The van der Waals surface area contributed by atoms with Crippen molar-refractivity contribution in [3.05, 3.63) is 30.7 Å². The predicted octanol–water partition coefficient (Wildman–Crippen LogP) is 2.39. The first-order chi connectivity index (χ1) is 7.90. The average Bonchev–Trinajstić information content (AvgIpc) is 2.38. The number of ether oxygens (including phenoxy) is 1. The van der Waals surface area contributed by atoms with Gasteiger partial charge in [0.05, 0.1) is 0 Å². The summed E-state index contributed by atoms with van der Waals surface area (Å²) in [5.41, 5.74) is 1.23. The highest BCUT2D eigenvalue weighted by Crippen LogP contribution is 2.22. The summed E-state index contributed by atoms with van der Waals surface area (Å²) in [6, 6.07) is 9.91. The molecule has 83 valence electrons. The average molecular weight is 215 g/mol. The molecule has 1 aromatic rings. The van der Waals surface area contributed by atoms with Crippen LogP contribution < -0.4 is 9.64 Å². The van der Waals surface area contributed by atoms with Crippen LogP contribution in [0.25, 0.3) is 0 Å². The van der Waals surface area contributed by atoms with Gasteiger partial charge in [0.2, 0.25) is 0 Å². The van der Waals surface area contributed by atoms with Crippen LogP contribution in [0.2, 0.25) is 0 Å². The molecule has 3 heteroatoms. The third kappa shape index (κ3) is 2.66. The Morgan fingerprint density at radius 3 is 2.50 bits per heavy atom. The van der Waals surface area contributed by atoms with E-state index in [9.17, 15) is 0 Å². The maximum Gasteiger partial charge on any atom is 0.174 e. The molecular weight excluding hydrogens is 200 g/mol. The molecule has 1 aliphatic rings. The van der Waals surface area contributed by atoms with Gasteiger partial charge in [-0.1, -0.05) is 0 Å². The molecule has 2 rings (SSSR count). The Bertz CT molecular complexity index is 361. The smallest absolute Gasteiger partial charge is 0.174 e. The van der Waals surface area contributed by atoms with Crippen molar-refractivity contribution in [3.8, 4) is 11.8 Å². The number of nitriles is 1. The molecular formula is C13H15N2O. The summed E-state index contributed by atoms with van der Waals surface area (Å²) < 4.78 is 5.21. The number of rotatable bonds is 3. The number of hydrogen-bond acceptors (Lipinski definition) is 3. The lowest BCUT2D eigenvalue weighted by atomic mass is 10.1. The molecule has 1 aliphatic heterocycles. The second-order valence-corrected chi connectivity index (χ2v) is 3.79. The minimum atomic E-state index is 0.109. The second kappa shape index (κ2) is 5.41. The van der Waals surface area contributed by atoms with Crippen LogP contribution in [0.1, 0.15) is 12.8 Å². The van der Waals surface area contributed by atoms with E-state index in [1.807, 2.05) is 18.2 Å². The van der Waals surface area contributed by atoms with Crippen molar-refractivity contribution in [3.63, 3.8) is 0 Å². The van der Waals surface area contributed by atoms with Crippen molar-refractivity contribution in [2.24, 2.45) is 0 Å². The molecule has 0 saturated carbocycles. The Morgan fingerprint density at radius 1 is 1.19 bits per heavy atom. The lowest BCUT2D eigenvalue weighted by Crippen LogP contribution is -2.29. The topological polar surface area (TPSA) is 36.3 Å². The summed E-state index contributed by atoms with van der Waals surface area (Å²) in [5.74, 6) is 0.758.